The van der Waals surface area contributed by atoms with Crippen molar-refractivity contribution >= 4 is 17.5 Å². The third-order valence-electron chi connectivity index (χ3n) is 4.95. The summed E-state index contributed by atoms with van der Waals surface area (Å²) in [5, 5.41) is 2.85. The molecule has 2 amide bonds. The number of carbonyl (C=O) groups is 2. The molecule has 2 heterocycles. The normalized spacial score (nSPS) is 16.2. The fourth-order valence-corrected chi connectivity index (χ4v) is 3.35. The fraction of sp³-hybridized carbons (Fsp3) is 0.429. The van der Waals surface area contributed by atoms with E-state index in [1.54, 1.807) is 44.5 Å². The van der Waals surface area contributed by atoms with Crippen LogP contribution < -0.4 is 10.1 Å². The number of aryl methyl sites for hydroxylation is 1. The third-order valence-corrected chi connectivity index (χ3v) is 4.95. The van der Waals surface area contributed by atoms with Crippen molar-refractivity contribution in [3.05, 3.63) is 47.5 Å². The Bertz CT molecular complexity index is 882. The summed E-state index contributed by atoms with van der Waals surface area (Å²) in [4.78, 5) is 37.5. The van der Waals surface area contributed by atoms with E-state index in [0.717, 1.165) is 12.2 Å². The number of likely N-dealkylation sites (tertiary alicyclic amines) is 1. The molecule has 3 rings (SSSR count). The van der Waals surface area contributed by atoms with Crippen LogP contribution in [0.3, 0.4) is 0 Å². The number of nitrogens with one attached hydrogen (secondary N) is 1. The highest BCUT2D eigenvalue weighted by atomic mass is 16.5. The van der Waals surface area contributed by atoms with Gasteiger partial charge >= 0.3 is 0 Å². The summed E-state index contributed by atoms with van der Waals surface area (Å²) >= 11 is 0. The molecule has 0 radical (unpaired) electrons. The van der Waals surface area contributed by atoms with Crippen LogP contribution in [-0.4, -0.2) is 72.4 Å². The number of rotatable bonds is 6. The Hall–Kier alpha value is -3.00. The lowest BCUT2D eigenvalue weighted by Gasteiger charge is -2.19. The van der Waals surface area contributed by atoms with E-state index in [4.69, 9.17) is 4.74 Å². The number of likely N-dealkylation sites (N-methyl/N-ethyl adjacent to an activating group) is 1. The van der Waals surface area contributed by atoms with Gasteiger partial charge in [-0.25, -0.2) is 9.97 Å². The number of methoxy groups -OCH3 is 1. The number of hydrogen-bond acceptors (Lipinski definition) is 6. The lowest BCUT2D eigenvalue weighted by Crippen LogP contribution is -2.36. The number of benzene rings is 1. The summed E-state index contributed by atoms with van der Waals surface area (Å²) < 4.78 is 5.12. The average Bonchev–Trinajstić information content (AvgIpc) is 3.18. The molecule has 1 aromatic carbocycles. The van der Waals surface area contributed by atoms with E-state index in [1.807, 2.05) is 23.9 Å². The van der Waals surface area contributed by atoms with Gasteiger partial charge in [-0.05, 0) is 51.7 Å². The summed E-state index contributed by atoms with van der Waals surface area (Å²) in [6.07, 6.45) is 2.40. The number of anilines is 1. The molecule has 1 atom stereocenters. The molecule has 154 valence electrons. The summed E-state index contributed by atoms with van der Waals surface area (Å²) in [6, 6.07) is 7.12. The molecule has 1 N–H and O–H groups in total. The molecule has 0 bridgehead atoms. The highest BCUT2D eigenvalue weighted by Crippen LogP contribution is 2.25. The molecule has 0 aliphatic carbocycles. The van der Waals surface area contributed by atoms with Crippen LogP contribution in [0.15, 0.2) is 30.5 Å². The number of ether oxygens (including phenoxy) is 1. The highest BCUT2D eigenvalue weighted by Gasteiger charge is 2.29. The van der Waals surface area contributed by atoms with Gasteiger partial charge in [0.1, 0.15) is 11.6 Å². The second kappa shape index (κ2) is 9.00. The van der Waals surface area contributed by atoms with Crippen molar-refractivity contribution < 1.29 is 14.3 Å². The Kier molecular flexibility index (Phi) is 6.43. The smallest absolute Gasteiger partial charge is 0.259 e. The van der Waals surface area contributed by atoms with Crippen LogP contribution in [-0.2, 0) is 4.79 Å². The zero-order valence-electron chi connectivity index (χ0n) is 17.3. The average molecular weight is 397 g/mol. The fourth-order valence-electron chi connectivity index (χ4n) is 3.35. The van der Waals surface area contributed by atoms with Gasteiger partial charge in [-0.15, -0.1) is 0 Å². The number of hydrogen-bond donors (Lipinski definition) is 1. The monoisotopic (exact) mass is 397 g/mol. The minimum Gasteiger partial charge on any atom is -0.497 e. The number of amides is 2. The molecule has 2 aromatic rings. The van der Waals surface area contributed by atoms with Crippen molar-refractivity contribution in [2.75, 3.05) is 46.2 Å². The minimum absolute atomic E-state index is 0.0958. The maximum atomic E-state index is 12.6. The maximum Gasteiger partial charge on any atom is 0.259 e. The maximum absolute atomic E-state index is 12.6. The Balaban J connectivity index is 1.65. The second-order valence-electron chi connectivity index (χ2n) is 7.47. The van der Waals surface area contributed by atoms with Gasteiger partial charge in [0.05, 0.1) is 24.9 Å². The molecule has 1 aliphatic heterocycles. The molecule has 1 saturated heterocycles. The van der Waals surface area contributed by atoms with Crippen LogP contribution in [0.4, 0.5) is 5.69 Å². The van der Waals surface area contributed by atoms with E-state index in [9.17, 15) is 9.59 Å². The molecule has 29 heavy (non-hydrogen) atoms. The Labute approximate surface area is 170 Å². The molecule has 8 heteroatoms. The summed E-state index contributed by atoms with van der Waals surface area (Å²) in [6.45, 7) is 3.53. The first-order valence-corrected chi connectivity index (χ1v) is 9.59. The van der Waals surface area contributed by atoms with Crippen molar-refractivity contribution in [2.45, 2.75) is 19.3 Å². The van der Waals surface area contributed by atoms with Gasteiger partial charge in [0, 0.05) is 30.9 Å². The molecular weight excluding hydrogens is 370 g/mol. The largest absolute Gasteiger partial charge is 0.497 e. The molecule has 8 nitrogen and oxygen atoms in total. The summed E-state index contributed by atoms with van der Waals surface area (Å²) in [7, 11) is 5.36. The summed E-state index contributed by atoms with van der Waals surface area (Å²) in [5.41, 5.74) is 1.73. The van der Waals surface area contributed by atoms with Crippen molar-refractivity contribution in [1.29, 1.82) is 0 Å². The molecule has 0 saturated carbocycles. The van der Waals surface area contributed by atoms with E-state index in [1.165, 1.54) is 0 Å². The van der Waals surface area contributed by atoms with Gasteiger partial charge in [-0.1, -0.05) is 0 Å². The Morgan fingerprint density at radius 1 is 1.28 bits per heavy atom. The van der Waals surface area contributed by atoms with Crippen LogP contribution in [0.5, 0.6) is 5.75 Å². The third kappa shape index (κ3) is 5.08. The molecule has 1 fully saturated rings. The van der Waals surface area contributed by atoms with Crippen LogP contribution in [0.25, 0.3) is 0 Å². The van der Waals surface area contributed by atoms with Crippen LogP contribution in [0, 0.1) is 6.92 Å². The molecule has 1 aliphatic rings. The van der Waals surface area contributed by atoms with Crippen molar-refractivity contribution in [3.63, 3.8) is 0 Å². The van der Waals surface area contributed by atoms with Crippen molar-refractivity contribution in [1.82, 2.24) is 19.8 Å². The predicted molar refractivity (Wildman–Crippen MR) is 110 cm³/mol. The molecule has 0 spiro atoms. The van der Waals surface area contributed by atoms with Gasteiger partial charge in [-0.3, -0.25) is 9.59 Å². The standard InChI is InChI=1S/C21H27N5O3/c1-14-18(21(28)24-16-5-7-17(29-4)8-6-16)11-22-20(23-14)15-9-10-26(12-15)19(27)13-25(2)3/h5-8,11,15H,9-10,12-13H2,1-4H3,(H,24,28). The van der Waals surface area contributed by atoms with Crippen molar-refractivity contribution in [2.24, 2.45) is 0 Å². The first-order chi connectivity index (χ1) is 13.9. The van der Waals surface area contributed by atoms with Gasteiger partial charge in [0.25, 0.3) is 5.91 Å². The first kappa shape index (κ1) is 20.7. The number of nitrogens with zero attached hydrogens (tertiary/aromatic N) is 4. The first-order valence-electron chi connectivity index (χ1n) is 9.59. The van der Waals surface area contributed by atoms with E-state index in [2.05, 4.69) is 15.3 Å². The molecule has 1 aromatic heterocycles. The van der Waals surface area contributed by atoms with E-state index < -0.39 is 0 Å². The van der Waals surface area contributed by atoms with E-state index in [-0.39, 0.29) is 17.7 Å². The van der Waals surface area contributed by atoms with Gasteiger partial charge < -0.3 is 19.9 Å². The van der Waals surface area contributed by atoms with Crippen LogP contribution in [0.1, 0.15) is 34.2 Å². The second-order valence-corrected chi connectivity index (χ2v) is 7.47. The lowest BCUT2D eigenvalue weighted by molar-refractivity contribution is -0.130. The molecule has 1 unspecified atom stereocenters. The van der Waals surface area contributed by atoms with Crippen LogP contribution >= 0.6 is 0 Å². The van der Waals surface area contributed by atoms with Gasteiger partial charge in [-0.2, -0.15) is 0 Å². The lowest BCUT2D eigenvalue weighted by atomic mass is 10.1. The Morgan fingerprint density at radius 3 is 2.62 bits per heavy atom. The highest BCUT2D eigenvalue weighted by molar-refractivity contribution is 6.04. The van der Waals surface area contributed by atoms with Gasteiger partial charge in [0.2, 0.25) is 5.91 Å². The zero-order chi connectivity index (χ0) is 21.0. The van der Waals surface area contributed by atoms with Gasteiger partial charge in [0.15, 0.2) is 0 Å². The zero-order valence-corrected chi connectivity index (χ0v) is 17.3. The number of aromatic nitrogens is 2. The predicted octanol–water partition coefficient (Wildman–Crippen LogP) is 1.92. The SMILES string of the molecule is COc1ccc(NC(=O)c2cnc(C3CCN(C(=O)CN(C)C)C3)nc2C)cc1. The van der Waals surface area contributed by atoms with E-state index in [0.29, 0.717) is 42.4 Å². The Morgan fingerprint density at radius 2 is 2.00 bits per heavy atom. The minimum atomic E-state index is -0.256. The van der Waals surface area contributed by atoms with Crippen LogP contribution in [0.2, 0.25) is 0 Å². The number of carbonyl (C=O) groups excluding carboxylic acids is 2. The summed E-state index contributed by atoms with van der Waals surface area (Å²) in [5.74, 6) is 1.36. The molecular formula is C21H27N5O3. The van der Waals surface area contributed by atoms with Crippen molar-refractivity contribution in [3.8, 4) is 5.75 Å². The quantitative estimate of drug-likeness (QED) is 0.801. The topological polar surface area (TPSA) is 87.7 Å². The van der Waals surface area contributed by atoms with E-state index >= 15 is 0 Å².